The summed E-state index contributed by atoms with van der Waals surface area (Å²) in [6.45, 7) is 7.21. The molecule has 2 aromatic heterocycles. The van der Waals surface area contributed by atoms with Gasteiger partial charge < -0.3 is 19.4 Å². The highest BCUT2D eigenvalue weighted by Crippen LogP contribution is 2.37. The van der Waals surface area contributed by atoms with Crippen LogP contribution >= 0.6 is 0 Å². The van der Waals surface area contributed by atoms with Gasteiger partial charge in [0, 0.05) is 50.5 Å². The maximum atomic E-state index is 13.0. The van der Waals surface area contributed by atoms with E-state index in [0.717, 1.165) is 12.8 Å². The van der Waals surface area contributed by atoms with Gasteiger partial charge in [-0.1, -0.05) is 5.21 Å². The smallest absolute Gasteiger partial charge is 0.328 e. The van der Waals surface area contributed by atoms with Crippen LogP contribution in [0.1, 0.15) is 64.6 Å². The van der Waals surface area contributed by atoms with Crippen LogP contribution in [0.5, 0.6) is 0 Å². The van der Waals surface area contributed by atoms with E-state index in [1.165, 1.54) is 16.8 Å². The minimum atomic E-state index is -0.758. The quantitative estimate of drug-likeness (QED) is 0.370. The Labute approximate surface area is 214 Å². The zero-order valence-corrected chi connectivity index (χ0v) is 21.7. The summed E-state index contributed by atoms with van der Waals surface area (Å²) >= 11 is 0. The average molecular weight is 517 g/mol. The number of aromatic nitrogens is 5. The number of ether oxygens (including phenoxy) is 2. The molecule has 0 spiro atoms. The minimum Gasteiger partial charge on any atom is -0.459 e. The van der Waals surface area contributed by atoms with Gasteiger partial charge >= 0.3 is 11.7 Å². The van der Waals surface area contributed by atoms with E-state index >= 15 is 0 Å². The number of esters is 1. The van der Waals surface area contributed by atoms with Crippen molar-refractivity contribution >= 4 is 11.9 Å². The molecule has 0 radical (unpaired) electrons. The maximum absolute atomic E-state index is 13.0. The molecule has 12 heteroatoms. The molecule has 2 aliphatic rings. The molecule has 1 saturated heterocycles. The lowest BCUT2D eigenvalue weighted by Crippen LogP contribution is -2.40. The van der Waals surface area contributed by atoms with Crippen LogP contribution in [0.3, 0.4) is 0 Å². The number of hydrogen-bond acceptors (Lipinski definition) is 8. The van der Waals surface area contributed by atoms with Crippen LogP contribution in [-0.2, 0) is 32.0 Å². The number of carbonyl (C=O) groups is 2. The Morgan fingerprint density at radius 3 is 2.81 bits per heavy atom. The topological polar surface area (TPSA) is 150 Å². The molecule has 1 aliphatic carbocycles. The highest BCUT2D eigenvalue weighted by molar-refractivity contribution is 5.79. The Hall–Kier alpha value is -3.28. The van der Waals surface area contributed by atoms with E-state index in [0.29, 0.717) is 57.7 Å². The number of H-pyrrole nitrogens is 1. The molecular formula is C25H36N6O6. The maximum Gasteiger partial charge on any atom is 0.328 e. The average Bonchev–Trinajstić information content (AvgIpc) is 3.58. The van der Waals surface area contributed by atoms with Gasteiger partial charge in [-0.25, -0.2) is 9.48 Å². The van der Waals surface area contributed by atoms with E-state index in [4.69, 9.17) is 9.47 Å². The molecule has 3 heterocycles. The van der Waals surface area contributed by atoms with Crippen molar-refractivity contribution in [2.45, 2.75) is 77.5 Å². The molecule has 202 valence electrons. The first kappa shape index (κ1) is 26.8. The van der Waals surface area contributed by atoms with Crippen molar-refractivity contribution in [2.75, 3.05) is 19.8 Å². The van der Waals surface area contributed by atoms with Crippen LogP contribution in [0, 0.1) is 11.3 Å². The van der Waals surface area contributed by atoms with Gasteiger partial charge in [0.05, 0.1) is 23.8 Å². The van der Waals surface area contributed by atoms with Gasteiger partial charge in [-0.15, -0.1) is 5.10 Å². The second-order valence-electron chi connectivity index (χ2n) is 11.1. The van der Waals surface area contributed by atoms with Crippen molar-refractivity contribution in [1.82, 2.24) is 29.9 Å². The highest BCUT2D eigenvalue weighted by Gasteiger charge is 2.46. The van der Waals surface area contributed by atoms with E-state index in [2.05, 4.69) is 20.6 Å². The molecule has 2 N–H and O–H groups in total. The molecule has 1 saturated carbocycles. The van der Waals surface area contributed by atoms with Crippen LogP contribution in [0.25, 0.3) is 0 Å². The fourth-order valence-corrected chi connectivity index (χ4v) is 4.95. The second kappa shape index (κ2) is 11.0. The number of aromatic amines is 1. The SMILES string of the molecule is CC(C)(C)OC(=O)C1(Cc2cn(C3CCC(C(=O)NCCCn4ccc(=O)[nH]c4=O)C3)nn2)CCOC1. The third kappa shape index (κ3) is 6.73. The molecule has 2 fully saturated rings. The van der Waals surface area contributed by atoms with Gasteiger partial charge in [-0.05, 0) is 52.9 Å². The van der Waals surface area contributed by atoms with E-state index in [9.17, 15) is 19.2 Å². The number of nitrogens with one attached hydrogen (secondary N) is 2. The molecule has 4 rings (SSSR count). The van der Waals surface area contributed by atoms with E-state index in [1.54, 1.807) is 0 Å². The van der Waals surface area contributed by atoms with Gasteiger partial charge in [0.15, 0.2) is 0 Å². The number of aryl methyl sites for hydroxylation is 1. The van der Waals surface area contributed by atoms with Gasteiger partial charge in [-0.2, -0.15) is 0 Å². The summed E-state index contributed by atoms with van der Waals surface area (Å²) in [7, 11) is 0. The third-order valence-corrected chi connectivity index (χ3v) is 6.93. The molecular weight excluding hydrogens is 480 g/mol. The van der Waals surface area contributed by atoms with Crippen LogP contribution in [0.15, 0.2) is 28.0 Å². The lowest BCUT2D eigenvalue weighted by atomic mass is 9.82. The summed E-state index contributed by atoms with van der Waals surface area (Å²) in [4.78, 5) is 50.7. The zero-order chi connectivity index (χ0) is 26.6. The zero-order valence-electron chi connectivity index (χ0n) is 21.7. The van der Waals surface area contributed by atoms with Crippen LogP contribution < -0.4 is 16.6 Å². The fraction of sp³-hybridized carbons (Fsp3) is 0.680. The molecule has 0 aromatic carbocycles. The predicted molar refractivity (Wildman–Crippen MR) is 133 cm³/mol. The number of amides is 1. The van der Waals surface area contributed by atoms with Crippen molar-refractivity contribution in [1.29, 1.82) is 0 Å². The summed E-state index contributed by atoms with van der Waals surface area (Å²) in [6.07, 6.45) is 7.10. The first-order chi connectivity index (χ1) is 17.5. The largest absolute Gasteiger partial charge is 0.459 e. The Morgan fingerprint density at radius 1 is 1.30 bits per heavy atom. The van der Waals surface area contributed by atoms with Crippen molar-refractivity contribution < 1.29 is 19.1 Å². The van der Waals surface area contributed by atoms with E-state index < -0.39 is 22.3 Å². The summed E-state index contributed by atoms with van der Waals surface area (Å²) in [5.74, 6) is -0.400. The van der Waals surface area contributed by atoms with Gasteiger partial charge in [0.2, 0.25) is 5.91 Å². The number of rotatable bonds is 9. The molecule has 0 bridgehead atoms. The first-order valence-corrected chi connectivity index (χ1v) is 12.8. The summed E-state index contributed by atoms with van der Waals surface area (Å²) in [5, 5.41) is 11.6. The number of nitrogens with zero attached hydrogens (tertiary/aromatic N) is 4. The van der Waals surface area contributed by atoms with Crippen LogP contribution in [0.4, 0.5) is 0 Å². The van der Waals surface area contributed by atoms with Gasteiger partial charge in [0.1, 0.15) is 5.60 Å². The predicted octanol–water partition coefficient (Wildman–Crippen LogP) is 0.967. The highest BCUT2D eigenvalue weighted by atomic mass is 16.6. The lowest BCUT2D eigenvalue weighted by molar-refractivity contribution is -0.167. The normalized spacial score (nSPS) is 23.8. The van der Waals surface area contributed by atoms with Crippen LogP contribution in [0.2, 0.25) is 0 Å². The first-order valence-electron chi connectivity index (χ1n) is 12.8. The van der Waals surface area contributed by atoms with Crippen molar-refractivity contribution in [3.05, 3.63) is 45.0 Å². The summed E-state index contributed by atoms with van der Waals surface area (Å²) < 4.78 is 14.4. The molecule has 37 heavy (non-hydrogen) atoms. The third-order valence-electron chi connectivity index (χ3n) is 6.93. The van der Waals surface area contributed by atoms with E-state index in [-0.39, 0.29) is 23.8 Å². The Morgan fingerprint density at radius 2 is 2.11 bits per heavy atom. The Kier molecular flexibility index (Phi) is 7.96. The second-order valence-corrected chi connectivity index (χ2v) is 11.1. The van der Waals surface area contributed by atoms with Crippen LogP contribution in [-0.4, -0.2) is 61.8 Å². The molecule has 2 aromatic rings. The summed E-state index contributed by atoms with van der Waals surface area (Å²) in [5.41, 5.74) is -1.51. The van der Waals surface area contributed by atoms with Crippen molar-refractivity contribution in [3.63, 3.8) is 0 Å². The Bertz CT molecular complexity index is 1220. The summed E-state index contributed by atoms with van der Waals surface area (Å²) in [6, 6.07) is 1.36. The Balaban J connectivity index is 1.27. The standard InChI is InChI=1S/C25H36N6O6/c1-24(2,3)37-22(34)25(8-12-36-16-25)14-18-15-31(29-28-18)19-6-5-17(13-19)21(33)26-9-4-10-30-11-7-20(32)27-23(30)35/h7,11,15,17,19H,4-6,8-10,12-14,16H2,1-3H3,(H,26,33)(H,27,32,35). The van der Waals surface area contributed by atoms with Gasteiger partial charge in [0.25, 0.3) is 5.56 Å². The molecule has 1 amide bonds. The molecule has 3 atom stereocenters. The molecule has 12 nitrogen and oxygen atoms in total. The number of hydrogen-bond donors (Lipinski definition) is 2. The molecule has 3 unspecified atom stereocenters. The lowest BCUT2D eigenvalue weighted by Gasteiger charge is -2.29. The van der Waals surface area contributed by atoms with Gasteiger partial charge in [-0.3, -0.25) is 19.4 Å². The fourth-order valence-electron chi connectivity index (χ4n) is 4.95. The monoisotopic (exact) mass is 516 g/mol. The molecule has 1 aliphatic heterocycles. The van der Waals surface area contributed by atoms with Crippen molar-refractivity contribution in [3.8, 4) is 0 Å². The van der Waals surface area contributed by atoms with E-state index in [1.807, 2.05) is 31.6 Å². The van der Waals surface area contributed by atoms with Crippen molar-refractivity contribution in [2.24, 2.45) is 11.3 Å². The number of carbonyl (C=O) groups excluding carboxylic acids is 2. The minimum absolute atomic E-state index is 0.0105.